The van der Waals surface area contributed by atoms with Gasteiger partial charge in [0.25, 0.3) is 11.6 Å². The molecular formula is C14H19N3O4. The minimum atomic E-state index is -0.541. The van der Waals surface area contributed by atoms with E-state index in [1.165, 1.54) is 23.1 Å². The highest BCUT2D eigenvalue weighted by atomic mass is 16.6. The summed E-state index contributed by atoms with van der Waals surface area (Å²) in [5, 5.41) is 10.8. The largest absolute Gasteiger partial charge is 0.398 e. The number of benzene rings is 1. The van der Waals surface area contributed by atoms with Gasteiger partial charge in [0.05, 0.1) is 16.6 Å². The predicted molar refractivity (Wildman–Crippen MR) is 78.1 cm³/mol. The van der Waals surface area contributed by atoms with Crippen LogP contribution in [-0.4, -0.2) is 42.0 Å². The molecule has 1 unspecified atom stereocenters. The molecule has 114 valence electrons. The Balaban J connectivity index is 2.10. The van der Waals surface area contributed by atoms with Gasteiger partial charge in [0.15, 0.2) is 0 Å². The Labute approximate surface area is 122 Å². The summed E-state index contributed by atoms with van der Waals surface area (Å²) in [6.07, 6.45) is 3.08. The van der Waals surface area contributed by atoms with Crippen LogP contribution in [0.4, 0.5) is 11.4 Å². The van der Waals surface area contributed by atoms with Crippen LogP contribution in [0.15, 0.2) is 18.2 Å². The summed E-state index contributed by atoms with van der Waals surface area (Å²) < 4.78 is 5.59. The second-order valence-electron chi connectivity index (χ2n) is 5.20. The number of carbonyl (C=O) groups excluding carboxylic acids is 1. The van der Waals surface area contributed by atoms with Gasteiger partial charge in [0.1, 0.15) is 0 Å². The van der Waals surface area contributed by atoms with Crippen molar-refractivity contribution in [2.45, 2.75) is 25.4 Å². The number of nitrogens with zero attached hydrogens (tertiary/aromatic N) is 2. The van der Waals surface area contributed by atoms with Gasteiger partial charge < -0.3 is 15.4 Å². The van der Waals surface area contributed by atoms with E-state index in [2.05, 4.69) is 0 Å². The molecule has 0 bridgehead atoms. The number of anilines is 1. The third-order valence-corrected chi connectivity index (χ3v) is 3.58. The summed E-state index contributed by atoms with van der Waals surface area (Å²) in [7, 11) is 1.65. The molecule has 1 heterocycles. The lowest BCUT2D eigenvalue weighted by Gasteiger charge is -2.27. The van der Waals surface area contributed by atoms with E-state index in [4.69, 9.17) is 10.5 Å². The van der Waals surface area contributed by atoms with Gasteiger partial charge in [-0.2, -0.15) is 0 Å². The Bertz CT molecular complexity index is 541. The van der Waals surface area contributed by atoms with E-state index in [-0.39, 0.29) is 28.9 Å². The molecule has 1 amide bonds. The first-order chi connectivity index (χ1) is 9.99. The number of hydrogen-bond acceptors (Lipinski definition) is 5. The average molecular weight is 293 g/mol. The standard InChI is InChI=1S/C14H19N3O4/c1-16(9-11-4-2-3-7-21-11)14(18)12-8-10(17(19)20)5-6-13(12)15/h5-6,8,11H,2-4,7,9,15H2,1H3. The van der Waals surface area contributed by atoms with Crippen LogP contribution in [0.1, 0.15) is 29.6 Å². The number of nitrogen functional groups attached to an aromatic ring is 1. The van der Waals surface area contributed by atoms with Crippen molar-refractivity contribution in [2.75, 3.05) is 25.9 Å². The lowest BCUT2D eigenvalue weighted by molar-refractivity contribution is -0.384. The third-order valence-electron chi connectivity index (χ3n) is 3.58. The van der Waals surface area contributed by atoms with E-state index in [0.29, 0.717) is 13.2 Å². The minimum absolute atomic E-state index is 0.0209. The Hall–Kier alpha value is -2.15. The molecule has 0 aromatic heterocycles. The zero-order chi connectivity index (χ0) is 15.4. The fourth-order valence-electron chi connectivity index (χ4n) is 2.39. The highest BCUT2D eigenvalue weighted by molar-refractivity contribution is 5.99. The van der Waals surface area contributed by atoms with E-state index in [1.807, 2.05) is 0 Å². The van der Waals surface area contributed by atoms with Crippen LogP contribution in [0.3, 0.4) is 0 Å². The molecule has 0 saturated carbocycles. The predicted octanol–water partition coefficient (Wildman–Crippen LogP) is 1.82. The number of carbonyl (C=O) groups is 1. The zero-order valence-electron chi connectivity index (χ0n) is 11.9. The summed E-state index contributed by atoms with van der Waals surface area (Å²) in [6.45, 7) is 1.17. The van der Waals surface area contributed by atoms with Crippen molar-refractivity contribution in [1.29, 1.82) is 0 Å². The van der Waals surface area contributed by atoms with Crippen molar-refractivity contribution >= 4 is 17.3 Å². The van der Waals surface area contributed by atoms with Crippen LogP contribution < -0.4 is 5.73 Å². The van der Waals surface area contributed by atoms with E-state index in [0.717, 1.165) is 19.3 Å². The lowest BCUT2D eigenvalue weighted by Crippen LogP contribution is -2.37. The molecular weight excluding hydrogens is 274 g/mol. The Kier molecular flexibility index (Phi) is 4.74. The molecule has 2 rings (SSSR count). The number of ether oxygens (including phenoxy) is 1. The Morgan fingerprint density at radius 2 is 2.29 bits per heavy atom. The van der Waals surface area contributed by atoms with Crippen molar-refractivity contribution in [2.24, 2.45) is 0 Å². The quantitative estimate of drug-likeness (QED) is 0.518. The van der Waals surface area contributed by atoms with Gasteiger partial charge in [0, 0.05) is 38.0 Å². The first-order valence-electron chi connectivity index (χ1n) is 6.90. The number of amides is 1. The number of hydrogen-bond donors (Lipinski definition) is 1. The van der Waals surface area contributed by atoms with Crippen molar-refractivity contribution < 1.29 is 14.5 Å². The fraction of sp³-hybridized carbons (Fsp3) is 0.500. The molecule has 1 fully saturated rings. The van der Waals surface area contributed by atoms with Gasteiger partial charge in [-0.3, -0.25) is 14.9 Å². The summed E-state index contributed by atoms with van der Waals surface area (Å²) in [6, 6.07) is 3.89. The molecule has 1 aromatic rings. The topological polar surface area (TPSA) is 98.7 Å². The Morgan fingerprint density at radius 1 is 1.52 bits per heavy atom. The number of nitro groups is 1. The van der Waals surface area contributed by atoms with Crippen LogP contribution in [0, 0.1) is 10.1 Å². The first kappa shape index (κ1) is 15.2. The maximum atomic E-state index is 12.4. The fourth-order valence-corrected chi connectivity index (χ4v) is 2.39. The molecule has 7 heteroatoms. The van der Waals surface area contributed by atoms with E-state index in [9.17, 15) is 14.9 Å². The molecule has 0 aliphatic carbocycles. The van der Waals surface area contributed by atoms with Gasteiger partial charge >= 0.3 is 0 Å². The van der Waals surface area contributed by atoms with Crippen LogP contribution in [-0.2, 0) is 4.74 Å². The van der Waals surface area contributed by atoms with Crippen LogP contribution in [0.2, 0.25) is 0 Å². The molecule has 1 atom stereocenters. The molecule has 2 N–H and O–H groups in total. The van der Waals surface area contributed by atoms with E-state index < -0.39 is 4.92 Å². The smallest absolute Gasteiger partial charge is 0.270 e. The Morgan fingerprint density at radius 3 is 2.90 bits per heavy atom. The number of nitrogens with two attached hydrogens (primary N) is 1. The van der Waals surface area contributed by atoms with E-state index >= 15 is 0 Å². The molecule has 1 aliphatic rings. The summed E-state index contributed by atoms with van der Waals surface area (Å²) in [5.74, 6) is -0.328. The average Bonchev–Trinajstić information content (AvgIpc) is 2.47. The van der Waals surface area contributed by atoms with Crippen LogP contribution in [0.25, 0.3) is 0 Å². The van der Waals surface area contributed by atoms with Crippen molar-refractivity contribution in [3.8, 4) is 0 Å². The van der Waals surface area contributed by atoms with Crippen LogP contribution >= 0.6 is 0 Å². The second-order valence-corrected chi connectivity index (χ2v) is 5.20. The van der Waals surface area contributed by atoms with Crippen molar-refractivity contribution in [3.05, 3.63) is 33.9 Å². The molecule has 0 radical (unpaired) electrons. The number of likely N-dealkylation sites (N-methyl/N-ethyl adjacent to an activating group) is 1. The molecule has 0 spiro atoms. The summed E-state index contributed by atoms with van der Waals surface area (Å²) in [4.78, 5) is 24.1. The molecule has 1 aromatic carbocycles. The minimum Gasteiger partial charge on any atom is -0.398 e. The molecule has 1 saturated heterocycles. The monoisotopic (exact) mass is 293 g/mol. The molecule has 7 nitrogen and oxygen atoms in total. The van der Waals surface area contributed by atoms with Gasteiger partial charge in [0.2, 0.25) is 0 Å². The van der Waals surface area contributed by atoms with Gasteiger partial charge in [-0.15, -0.1) is 0 Å². The molecule has 1 aliphatic heterocycles. The highest BCUT2D eigenvalue weighted by Gasteiger charge is 2.22. The van der Waals surface area contributed by atoms with Gasteiger partial charge in [-0.25, -0.2) is 0 Å². The third kappa shape index (κ3) is 3.69. The highest BCUT2D eigenvalue weighted by Crippen LogP contribution is 2.22. The molecule has 21 heavy (non-hydrogen) atoms. The zero-order valence-corrected chi connectivity index (χ0v) is 11.9. The SMILES string of the molecule is CN(CC1CCCCO1)C(=O)c1cc([N+](=O)[O-])ccc1N. The van der Waals surface area contributed by atoms with Gasteiger partial charge in [-0.1, -0.05) is 0 Å². The number of rotatable bonds is 4. The maximum Gasteiger partial charge on any atom is 0.270 e. The van der Waals surface area contributed by atoms with E-state index in [1.54, 1.807) is 7.05 Å². The lowest BCUT2D eigenvalue weighted by atomic mass is 10.1. The van der Waals surface area contributed by atoms with Crippen molar-refractivity contribution in [3.63, 3.8) is 0 Å². The van der Waals surface area contributed by atoms with Gasteiger partial charge in [-0.05, 0) is 25.3 Å². The van der Waals surface area contributed by atoms with Crippen LogP contribution in [0.5, 0.6) is 0 Å². The maximum absolute atomic E-state index is 12.4. The summed E-state index contributed by atoms with van der Waals surface area (Å²) in [5.41, 5.74) is 6.01. The number of non-ortho nitro benzene ring substituents is 1. The number of nitro benzene ring substituents is 1. The second kappa shape index (κ2) is 6.53. The van der Waals surface area contributed by atoms with Crippen molar-refractivity contribution in [1.82, 2.24) is 4.90 Å². The first-order valence-corrected chi connectivity index (χ1v) is 6.90. The normalized spacial score (nSPS) is 18.2. The summed E-state index contributed by atoms with van der Waals surface area (Å²) >= 11 is 0.